The summed E-state index contributed by atoms with van der Waals surface area (Å²) in [5, 5.41) is 19.5. The van der Waals surface area contributed by atoms with Gasteiger partial charge in [-0.25, -0.2) is 19.6 Å². The SMILES string of the molecule is COc1cc(F)cc(CS/C(N)=N/c2c(CC3OC4COP(OO)OC4C3O)nc(N)[nH]c2=O)c1. The molecule has 35 heavy (non-hydrogen) atoms. The van der Waals surface area contributed by atoms with Crippen LogP contribution >= 0.6 is 20.4 Å². The zero-order chi connectivity index (χ0) is 25.1. The first-order valence-corrected chi connectivity index (χ1v) is 12.3. The summed E-state index contributed by atoms with van der Waals surface area (Å²) in [6.45, 7) is 0.0366. The van der Waals surface area contributed by atoms with E-state index >= 15 is 0 Å². The van der Waals surface area contributed by atoms with Gasteiger partial charge in [0.2, 0.25) is 5.95 Å². The third kappa shape index (κ3) is 6.08. The summed E-state index contributed by atoms with van der Waals surface area (Å²) in [4.78, 5) is 23.3. The highest BCUT2D eigenvalue weighted by molar-refractivity contribution is 8.13. The minimum Gasteiger partial charge on any atom is -0.497 e. The lowest BCUT2D eigenvalue weighted by atomic mass is 10.0. The molecule has 16 heteroatoms. The van der Waals surface area contributed by atoms with Gasteiger partial charge in [0, 0.05) is 18.2 Å². The number of amidine groups is 1. The van der Waals surface area contributed by atoms with Crippen LogP contribution < -0.4 is 21.8 Å². The molecule has 0 spiro atoms. The zero-order valence-corrected chi connectivity index (χ0v) is 20.0. The second-order valence-electron chi connectivity index (χ2n) is 7.56. The molecule has 0 amide bonds. The van der Waals surface area contributed by atoms with Crippen molar-refractivity contribution in [3.63, 3.8) is 0 Å². The van der Waals surface area contributed by atoms with Crippen molar-refractivity contribution in [1.29, 1.82) is 0 Å². The van der Waals surface area contributed by atoms with Gasteiger partial charge in [-0.2, -0.15) is 4.67 Å². The standard InChI is InChI=1S/C19H23FN5O8PS/c1-29-10-3-8(2-9(20)4-10)7-35-19(22)24-14-11(23-18(21)25-17(14)27)5-12-15(26)16-13(31-12)6-30-34(32-16)33-28/h2-4,12-13,15-16,26,28H,5-7H2,1H3,(H2,22,24)(H3,21,23,25,27). The lowest BCUT2D eigenvalue weighted by molar-refractivity contribution is -0.170. The van der Waals surface area contributed by atoms with Crippen molar-refractivity contribution in [1.82, 2.24) is 9.97 Å². The number of H-pyrrole nitrogens is 1. The van der Waals surface area contributed by atoms with E-state index in [4.69, 9.17) is 35.2 Å². The molecule has 2 aromatic rings. The number of fused-ring (bicyclic) bond motifs is 1. The van der Waals surface area contributed by atoms with E-state index in [1.54, 1.807) is 6.07 Å². The van der Waals surface area contributed by atoms with Crippen LogP contribution in [0.1, 0.15) is 11.3 Å². The lowest BCUT2D eigenvalue weighted by Crippen LogP contribution is -2.39. The Bertz CT molecular complexity index is 1160. The fourth-order valence-electron chi connectivity index (χ4n) is 3.66. The molecule has 0 saturated carbocycles. The van der Waals surface area contributed by atoms with Crippen molar-refractivity contribution < 1.29 is 37.9 Å². The van der Waals surface area contributed by atoms with E-state index < -0.39 is 44.4 Å². The second-order valence-corrected chi connectivity index (χ2v) is 9.64. The number of anilines is 1. The van der Waals surface area contributed by atoms with Gasteiger partial charge in [-0.3, -0.25) is 9.78 Å². The molecule has 0 radical (unpaired) electrons. The molecule has 7 N–H and O–H groups in total. The smallest absolute Gasteiger partial charge is 0.363 e. The number of hydrogen-bond acceptors (Lipinski definition) is 12. The van der Waals surface area contributed by atoms with Crippen LogP contribution in [0.5, 0.6) is 5.75 Å². The predicted octanol–water partition coefficient (Wildman–Crippen LogP) is 1.18. The molecule has 2 aliphatic rings. The van der Waals surface area contributed by atoms with Crippen molar-refractivity contribution in [2.75, 3.05) is 19.5 Å². The van der Waals surface area contributed by atoms with Crippen molar-refractivity contribution >= 4 is 37.2 Å². The Labute approximate surface area is 203 Å². The third-order valence-electron chi connectivity index (χ3n) is 5.21. The van der Waals surface area contributed by atoms with Crippen LogP contribution in [0.4, 0.5) is 16.0 Å². The topological polar surface area (TPSA) is 197 Å². The highest BCUT2D eigenvalue weighted by Crippen LogP contribution is 2.48. The largest absolute Gasteiger partial charge is 0.497 e. The molecule has 4 rings (SSSR count). The Balaban J connectivity index is 1.51. The molecule has 190 valence electrons. The van der Waals surface area contributed by atoms with Crippen LogP contribution in [0.2, 0.25) is 0 Å². The van der Waals surface area contributed by atoms with Crippen LogP contribution in [0.25, 0.3) is 0 Å². The number of halogens is 1. The van der Waals surface area contributed by atoms with Crippen LogP contribution in [-0.2, 0) is 30.6 Å². The zero-order valence-electron chi connectivity index (χ0n) is 18.3. The van der Waals surface area contributed by atoms with Crippen molar-refractivity contribution in [3.8, 4) is 5.75 Å². The maximum Gasteiger partial charge on any atom is 0.363 e. The van der Waals surface area contributed by atoms with Crippen molar-refractivity contribution in [2.24, 2.45) is 10.7 Å². The number of rotatable bonds is 7. The number of aromatic nitrogens is 2. The number of benzene rings is 1. The molecule has 2 saturated heterocycles. The number of methoxy groups -OCH3 is 1. The maximum absolute atomic E-state index is 13.7. The molecule has 3 heterocycles. The quantitative estimate of drug-likeness (QED) is 0.113. The molecular weight excluding hydrogens is 508 g/mol. The molecule has 2 aliphatic heterocycles. The first-order valence-electron chi connectivity index (χ1n) is 10.2. The molecule has 1 aromatic carbocycles. The molecule has 0 bridgehead atoms. The molecule has 0 aliphatic carbocycles. The van der Waals surface area contributed by atoms with Crippen molar-refractivity contribution in [3.05, 3.63) is 45.6 Å². The van der Waals surface area contributed by atoms with Crippen LogP contribution in [0, 0.1) is 5.82 Å². The first-order chi connectivity index (χ1) is 16.8. The van der Waals surface area contributed by atoms with E-state index in [0.29, 0.717) is 11.3 Å². The Morgan fingerprint density at radius 1 is 1.46 bits per heavy atom. The van der Waals surface area contributed by atoms with E-state index in [1.807, 2.05) is 0 Å². The van der Waals surface area contributed by atoms with Gasteiger partial charge in [-0.1, -0.05) is 11.8 Å². The van der Waals surface area contributed by atoms with Gasteiger partial charge >= 0.3 is 8.60 Å². The number of thioether (sulfide) groups is 1. The van der Waals surface area contributed by atoms with Gasteiger partial charge in [0.1, 0.15) is 29.9 Å². The summed E-state index contributed by atoms with van der Waals surface area (Å²) in [7, 11) is -0.578. The number of nitrogens with zero attached hydrogens (tertiary/aromatic N) is 2. The minimum atomic E-state index is -2.01. The predicted molar refractivity (Wildman–Crippen MR) is 125 cm³/mol. The van der Waals surface area contributed by atoms with Gasteiger partial charge in [0.05, 0.1) is 25.5 Å². The maximum atomic E-state index is 13.7. The number of nitrogen functional groups attached to an aromatic ring is 1. The summed E-state index contributed by atoms with van der Waals surface area (Å²) in [6, 6.07) is 4.25. The van der Waals surface area contributed by atoms with Crippen LogP contribution in [0.3, 0.4) is 0 Å². The second kappa shape index (κ2) is 11.1. The highest BCUT2D eigenvalue weighted by Gasteiger charge is 2.49. The fourth-order valence-corrected chi connectivity index (χ4v) is 5.17. The monoisotopic (exact) mass is 531 g/mol. The normalized spacial score (nSPS) is 26.5. The Morgan fingerprint density at radius 3 is 3.00 bits per heavy atom. The van der Waals surface area contributed by atoms with Gasteiger partial charge in [-0.15, -0.1) is 0 Å². The molecular formula is C19H23FN5O8PS. The van der Waals surface area contributed by atoms with E-state index in [0.717, 1.165) is 11.8 Å². The van der Waals surface area contributed by atoms with Crippen LogP contribution in [0.15, 0.2) is 28.0 Å². The Morgan fingerprint density at radius 2 is 2.26 bits per heavy atom. The summed E-state index contributed by atoms with van der Waals surface area (Å²) >= 11 is 1.08. The average Bonchev–Trinajstić information content (AvgIpc) is 3.13. The number of aliphatic hydroxyl groups excluding tert-OH is 1. The highest BCUT2D eigenvalue weighted by atomic mass is 32.2. The minimum absolute atomic E-state index is 0.0237. The number of aliphatic imine (C=N–C) groups is 1. The van der Waals surface area contributed by atoms with Crippen molar-refractivity contribution in [2.45, 2.75) is 36.6 Å². The molecule has 5 atom stereocenters. The summed E-state index contributed by atoms with van der Waals surface area (Å²) < 4.78 is 39.2. The summed E-state index contributed by atoms with van der Waals surface area (Å²) in [6.07, 6.45) is -3.42. The molecule has 13 nitrogen and oxygen atoms in total. The fraction of sp³-hybridized carbons (Fsp3) is 0.421. The molecule has 2 fully saturated rings. The first kappa shape index (κ1) is 25.7. The van der Waals surface area contributed by atoms with E-state index in [9.17, 15) is 14.3 Å². The summed E-state index contributed by atoms with van der Waals surface area (Å²) in [5.41, 5.74) is 11.7. The number of hydrogen-bond donors (Lipinski definition) is 5. The van der Waals surface area contributed by atoms with E-state index in [2.05, 4.69) is 19.6 Å². The number of ether oxygens (including phenoxy) is 2. The third-order valence-corrected chi connectivity index (χ3v) is 6.98. The Hall–Kier alpha value is -2.36. The number of aliphatic hydroxyl groups is 1. The van der Waals surface area contributed by atoms with E-state index in [-0.39, 0.29) is 41.3 Å². The number of nitrogens with one attached hydrogen (secondary N) is 1. The van der Waals surface area contributed by atoms with Gasteiger partial charge in [0.25, 0.3) is 5.56 Å². The average molecular weight is 531 g/mol. The van der Waals surface area contributed by atoms with Crippen LogP contribution in [-0.4, -0.2) is 63.6 Å². The summed E-state index contributed by atoms with van der Waals surface area (Å²) in [5.74, 6) is 0.0183. The van der Waals surface area contributed by atoms with Gasteiger partial charge in [-0.05, 0) is 17.7 Å². The van der Waals surface area contributed by atoms with Gasteiger partial charge in [0.15, 0.2) is 10.9 Å². The van der Waals surface area contributed by atoms with E-state index in [1.165, 1.54) is 19.2 Å². The number of nitrogens with two attached hydrogens (primary N) is 2. The lowest BCUT2D eigenvalue weighted by Gasteiger charge is -2.28. The number of aromatic amines is 1. The van der Waals surface area contributed by atoms with Gasteiger partial charge < -0.3 is 35.1 Å². The molecule has 5 unspecified atom stereocenters. The molecule has 1 aromatic heterocycles. The Kier molecular flexibility index (Phi) is 8.19.